The molecule has 162 valence electrons. The molecule has 3 aromatic rings. The number of carbonyl (C=O) groups excluding carboxylic acids is 1. The third-order valence-corrected chi connectivity index (χ3v) is 7.09. The normalized spacial score (nSPS) is 22.2. The Morgan fingerprint density at radius 1 is 1.16 bits per heavy atom. The number of benzene rings is 1. The van der Waals surface area contributed by atoms with Gasteiger partial charge in [0, 0.05) is 37.9 Å². The highest BCUT2D eigenvalue weighted by Gasteiger charge is 2.51. The molecule has 4 heterocycles. The average molecular weight is 428 g/mol. The molecule has 6 rings (SSSR count). The summed E-state index contributed by atoms with van der Waals surface area (Å²) in [7, 11) is 0. The van der Waals surface area contributed by atoms with Gasteiger partial charge in [-0.05, 0) is 55.0 Å². The van der Waals surface area contributed by atoms with E-state index < -0.39 is 0 Å². The van der Waals surface area contributed by atoms with Crippen LogP contribution < -0.4 is 4.90 Å². The van der Waals surface area contributed by atoms with Crippen molar-refractivity contribution in [2.75, 3.05) is 31.1 Å². The molecule has 2 aromatic heterocycles. The minimum atomic E-state index is -0.308. The molecule has 1 aromatic carbocycles. The van der Waals surface area contributed by atoms with Crippen molar-refractivity contribution < 1.29 is 9.32 Å². The first-order chi connectivity index (χ1) is 15.6. The van der Waals surface area contributed by atoms with E-state index in [1.807, 2.05) is 12.1 Å². The Morgan fingerprint density at radius 3 is 2.91 bits per heavy atom. The van der Waals surface area contributed by atoms with Crippen molar-refractivity contribution in [1.29, 1.82) is 0 Å². The summed E-state index contributed by atoms with van der Waals surface area (Å²) in [5, 5.41) is 3.88. The first kappa shape index (κ1) is 19.2. The molecule has 1 aliphatic carbocycles. The van der Waals surface area contributed by atoms with Crippen LogP contribution in [0.5, 0.6) is 0 Å². The highest BCUT2D eigenvalue weighted by atomic mass is 16.5. The van der Waals surface area contributed by atoms with E-state index in [2.05, 4.69) is 55.3 Å². The molecule has 7 heteroatoms. The summed E-state index contributed by atoms with van der Waals surface area (Å²) in [4.78, 5) is 26.7. The number of nitrogens with zero attached hydrogens (tertiary/aromatic N) is 5. The van der Waals surface area contributed by atoms with Gasteiger partial charge in [-0.3, -0.25) is 4.79 Å². The number of pyridine rings is 1. The van der Waals surface area contributed by atoms with Crippen molar-refractivity contribution in [3.8, 4) is 11.5 Å². The van der Waals surface area contributed by atoms with Crippen LogP contribution in [0.3, 0.4) is 0 Å². The smallest absolute Gasteiger partial charge is 0.258 e. The molecule has 7 nitrogen and oxygen atoms in total. The van der Waals surface area contributed by atoms with E-state index in [-0.39, 0.29) is 11.3 Å². The van der Waals surface area contributed by atoms with E-state index >= 15 is 0 Å². The molecule has 0 saturated carbocycles. The summed E-state index contributed by atoms with van der Waals surface area (Å²) in [6.07, 6.45) is 6.78. The van der Waals surface area contributed by atoms with Gasteiger partial charge in [0.1, 0.15) is 5.82 Å². The molecule has 0 radical (unpaired) electrons. The summed E-state index contributed by atoms with van der Waals surface area (Å²) in [6.45, 7) is 4.86. The number of amides is 1. The fourth-order valence-electron chi connectivity index (χ4n) is 5.34. The van der Waals surface area contributed by atoms with Crippen molar-refractivity contribution in [2.45, 2.75) is 26.2 Å². The van der Waals surface area contributed by atoms with Gasteiger partial charge in [-0.2, -0.15) is 4.98 Å². The van der Waals surface area contributed by atoms with Gasteiger partial charge in [0.25, 0.3) is 5.89 Å². The summed E-state index contributed by atoms with van der Waals surface area (Å²) in [5.74, 6) is 2.24. The number of fused-ring (bicyclic) bond motifs is 1. The van der Waals surface area contributed by atoms with Crippen molar-refractivity contribution in [3.63, 3.8) is 0 Å². The first-order valence-electron chi connectivity index (χ1n) is 11.2. The van der Waals surface area contributed by atoms with Gasteiger partial charge in [0.15, 0.2) is 5.82 Å². The number of allylic oxidation sites excluding steroid dienone is 1. The third-order valence-electron chi connectivity index (χ3n) is 7.09. The maximum atomic E-state index is 13.5. The lowest BCUT2D eigenvalue weighted by Crippen LogP contribution is -2.37. The molecule has 1 unspecified atom stereocenters. The van der Waals surface area contributed by atoms with Crippen LogP contribution in [0.15, 0.2) is 53.2 Å². The molecule has 32 heavy (non-hydrogen) atoms. The Morgan fingerprint density at radius 2 is 2.03 bits per heavy atom. The van der Waals surface area contributed by atoms with Crippen LogP contribution in [-0.4, -0.2) is 52.1 Å². The van der Waals surface area contributed by atoms with Gasteiger partial charge < -0.3 is 14.3 Å². The Balaban J connectivity index is 1.18. The molecule has 2 fully saturated rings. The fraction of sp³-hybridized carbons (Fsp3) is 0.360. The quantitative estimate of drug-likeness (QED) is 0.634. The number of likely N-dealkylation sites (tertiary alicyclic amines) is 1. The number of hydrogen-bond acceptors (Lipinski definition) is 6. The predicted octanol–water partition coefficient (Wildman–Crippen LogP) is 3.51. The summed E-state index contributed by atoms with van der Waals surface area (Å²) in [6, 6.07) is 12.4. The average Bonchev–Trinajstić information content (AvgIpc) is 3.60. The molecule has 1 spiro atoms. The largest absolute Gasteiger partial charge is 0.355 e. The van der Waals surface area contributed by atoms with Crippen LogP contribution in [0, 0.1) is 12.3 Å². The summed E-state index contributed by atoms with van der Waals surface area (Å²) >= 11 is 0. The van der Waals surface area contributed by atoms with E-state index in [0.717, 1.165) is 43.7 Å². The van der Waals surface area contributed by atoms with Crippen LogP contribution in [-0.2, 0) is 11.2 Å². The van der Waals surface area contributed by atoms with Crippen LogP contribution >= 0.6 is 0 Å². The first-order valence-corrected chi connectivity index (χ1v) is 11.2. The zero-order chi connectivity index (χ0) is 21.7. The number of hydrogen-bond donors (Lipinski definition) is 0. The van der Waals surface area contributed by atoms with E-state index in [1.54, 1.807) is 13.1 Å². The second-order valence-electron chi connectivity index (χ2n) is 9.07. The number of carbonyl (C=O) groups is 1. The van der Waals surface area contributed by atoms with E-state index in [1.165, 1.54) is 16.7 Å². The van der Waals surface area contributed by atoms with Gasteiger partial charge in [0.05, 0.1) is 5.41 Å². The minimum Gasteiger partial charge on any atom is -0.355 e. The van der Waals surface area contributed by atoms with Crippen LogP contribution in [0.1, 0.15) is 29.8 Å². The van der Waals surface area contributed by atoms with Gasteiger partial charge >= 0.3 is 0 Å². The van der Waals surface area contributed by atoms with Crippen molar-refractivity contribution >= 4 is 17.3 Å². The summed E-state index contributed by atoms with van der Waals surface area (Å²) < 4.78 is 5.31. The van der Waals surface area contributed by atoms with Crippen LogP contribution in [0.25, 0.3) is 17.0 Å². The predicted molar refractivity (Wildman–Crippen MR) is 121 cm³/mol. The molecule has 2 saturated heterocycles. The lowest BCUT2D eigenvalue weighted by atomic mass is 9.85. The Bertz CT molecular complexity index is 1230. The second kappa shape index (κ2) is 7.29. The highest BCUT2D eigenvalue weighted by molar-refractivity contribution is 5.88. The number of anilines is 1. The standard InChI is InChI=1S/C25H25N5O2/c1-17-27-23(32-28-17)19-8-11-26-22(14-19)30-13-10-25(16-30)9-12-29(24(25)31)15-20-7-6-18-4-2-3-5-21(18)20/h2-5,7-8,11,14H,6,9-10,12-13,15-16H2,1H3. The fourth-order valence-corrected chi connectivity index (χ4v) is 5.34. The molecular formula is C25H25N5O2. The van der Waals surface area contributed by atoms with Gasteiger partial charge in [-0.1, -0.05) is 35.5 Å². The monoisotopic (exact) mass is 427 g/mol. The van der Waals surface area contributed by atoms with Gasteiger partial charge in [0.2, 0.25) is 5.91 Å². The minimum absolute atomic E-state index is 0.286. The topological polar surface area (TPSA) is 75.4 Å². The lowest BCUT2D eigenvalue weighted by molar-refractivity contribution is -0.134. The zero-order valence-corrected chi connectivity index (χ0v) is 18.1. The van der Waals surface area contributed by atoms with E-state index in [0.29, 0.717) is 24.8 Å². The molecule has 0 N–H and O–H groups in total. The zero-order valence-electron chi connectivity index (χ0n) is 18.1. The van der Waals surface area contributed by atoms with Gasteiger partial charge in [-0.15, -0.1) is 0 Å². The Labute approximate surface area is 186 Å². The number of rotatable bonds is 4. The SMILES string of the molecule is Cc1noc(-c2ccnc(N3CCC4(CCN(CC5=CCc6ccccc65)C4=O)C3)c2)n1. The highest BCUT2D eigenvalue weighted by Crippen LogP contribution is 2.43. The lowest BCUT2D eigenvalue weighted by Gasteiger charge is -2.24. The van der Waals surface area contributed by atoms with E-state index in [9.17, 15) is 4.79 Å². The number of aromatic nitrogens is 3. The molecular weight excluding hydrogens is 402 g/mol. The van der Waals surface area contributed by atoms with Gasteiger partial charge in [-0.25, -0.2) is 4.98 Å². The Hall–Kier alpha value is -3.48. The van der Waals surface area contributed by atoms with Crippen LogP contribution in [0.2, 0.25) is 0 Å². The second-order valence-corrected chi connectivity index (χ2v) is 9.07. The number of aryl methyl sites for hydroxylation is 1. The Kier molecular flexibility index (Phi) is 4.38. The van der Waals surface area contributed by atoms with Crippen molar-refractivity contribution in [2.24, 2.45) is 5.41 Å². The molecule has 3 aliphatic rings. The van der Waals surface area contributed by atoms with Crippen molar-refractivity contribution in [3.05, 3.63) is 65.6 Å². The maximum Gasteiger partial charge on any atom is 0.258 e. The molecule has 2 aliphatic heterocycles. The summed E-state index contributed by atoms with van der Waals surface area (Å²) in [5.41, 5.74) is 4.48. The van der Waals surface area contributed by atoms with Crippen LogP contribution in [0.4, 0.5) is 5.82 Å². The third kappa shape index (κ3) is 3.11. The maximum absolute atomic E-state index is 13.5. The van der Waals surface area contributed by atoms with Crippen molar-refractivity contribution in [1.82, 2.24) is 20.0 Å². The molecule has 0 bridgehead atoms. The molecule has 1 amide bonds. The molecule has 1 atom stereocenters. The van der Waals surface area contributed by atoms with E-state index in [4.69, 9.17) is 4.52 Å².